The van der Waals surface area contributed by atoms with Crippen LogP contribution < -0.4 is 5.32 Å². The van der Waals surface area contributed by atoms with Crippen LogP contribution in [0, 0.1) is 11.8 Å². The van der Waals surface area contributed by atoms with Crippen molar-refractivity contribution in [2.45, 2.75) is 64.1 Å². The van der Waals surface area contributed by atoms with Gasteiger partial charge in [0.05, 0.1) is 5.56 Å². The van der Waals surface area contributed by atoms with Crippen LogP contribution in [0.15, 0.2) is 18.2 Å². The predicted molar refractivity (Wildman–Crippen MR) is 83.0 cm³/mol. The molecule has 1 nitrogen and oxygen atoms in total. The molecular weight excluding hydrogens is 287 g/mol. The topological polar surface area (TPSA) is 12.0 Å². The Labute approximate surface area is 130 Å². The van der Waals surface area contributed by atoms with Gasteiger partial charge in [-0.2, -0.15) is 13.2 Å². The Morgan fingerprint density at radius 1 is 1.27 bits per heavy atom. The molecule has 1 aliphatic carbocycles. The van der Waals surface area contributed by atoms with E-state index in [1.54, 1.807) is 6.07 Å². The lowest BCUT2D eigenvalue weighted by Gasteiger charge is -2.35. The summed E-state index contributed by atoms with van der Waals surface area (Å²) >= 11 is 0. The first-order valence-corrected chi connectivity index (χ1v) is 8.20. The van der Waals surface area contributed by atoms with Crippen LogP contribution >= 0.6 is 0 Å². The highest BCUT2D eigenvalue weighted by Crippen LogP contribution is 2.56. The predicted octanol–water partition coefficient (Wildman–Crippen LogP) is 5.82. The van der Waals surface area contributed by atoms with Gasteiger partial charge >= 0.3 is 6.18 Å². The second-order valence-electron chi connectivity index (χ2n) is 7.56. The average molecular weight is 311 g/mol. The van der Waals surface area contributed by atoms with Crippen LogP contribution in [-0.2, 0) is 6.18 Å². The van der Waals surface area contributed by atoms with Crippen LogP contribution in [0.3, 0.4) is 0 Å². The van der Waals surface area contributed by atoms with Gasteiger partial charge in [-0.15, -0.1) is 0 Å². The lowest BCUT2D eigenvalue weighted by Crippen LogP contribution is -2.32. The largest absolute Gasteiger partial charge is 0.416 e. The van der Waals surface area contributed by atoms with Crippen molar-refractivity contribution in [1.82, 2.24) is 0 Å². The fourth-order valence-electron chi connectivity index (χ4n) is 3.80. The average Bonchev–Trinajstić information content (AvgIpc) is 3.02. The molecule has 1 heterocycles. The molecule has 1 aromatic rings. The van der Waals surface area contributed by atoms with Crippen LogP contribution in [0.2, 0.25) is 0 Å². The Hall–Kier alpha value is -1.19. The molecular formula is C18H24F3N. The van der Waals surface area contributed by atoms with Crippen molar-refractivity contribution < 1.29 is 13.2 Å². The monoisotopic (exact) mass is 311 g/mol. The number of halogens is 3. The summed E-state index contributed by atoms with van der Waals surface area (Å²) < 4.78 is 39.0. The minimum atomic E-state index is -4.26. The first kappa shape index (κ1) is 15.7. The maximum atomic E-state index is 13.0. The summed E-state index contributed by atoms with van der Waals surface area (Å²) in [5.41, 5.74) is 1.38. The molecule has 3 atom stereocenters. The van der Waals surface area contributed by atoms with Crippen molar-refractivity contribution in [3.05, 3.63) is 29.3 Å². The van der Waals surface area contributed by atoms with Crippen molar-refractivity contribution in [1.29, 1.82) is 0 Å². The van der Waals surface area contributed by atoms with Gasteiger partial charge in [0.2, 0.25) is 0 Å². The third kappa shape index (κ3) is 2.84. The molecule has 1 saturated carbocycles. The summed E-state index contributed by atoms with van der Waals surface area (Å²) in [5.74, 6) is 1.44. The van der Waals surface area contributed by atoms with Crippen LogP contribution in [0.5, 0.6) is 0 Å². The molecule has 0 radical (unpaired) electrons. The van der Waals surface area contributed by atoms with Gasteiger partial charge in [0.15, 0.2) is 0 Å². The zero-order valence-corrected chi connectivity index (χ0v) is 13.4. The van der Waals surface area contributed by atoms with Crippen LogP contribution in [-0.4, -0.2) is 5.54 Å². The van der Waals surface area contributed by atoms with Gasteiger partial charge in [0, 0.05) is 11.2 Å². The number of hydrogen-bond acceptors (Lipinski definition) is 1. The SMILES string of the molecule is CC(C)CCC1C[C@]2(C[C@@H]2C)Nc2ccc(C(F)(F)F)cc21. The van der Waals surface area contributed by atoms with E-state index in [0.717, 1.165) is 36.9 Å². The van der Waals surface area contributed by atoms with Gasteiger partial charge in [0.1, 0.15) is 0 Å². The fourth-order valence-corrected chi connectivity index (χ4v) is 3.80. The summed E-state index contributed by atoms with van der Waals surface area (Å²) in [6.07, 6.45) is -0.132. The summed E-state index contributed by atoms with van der Waals surface area (Å²) in [5, 5.41) is 3.53. The molecule has 0 aromatic heterocycles. The number of alkyl halides is 3. The van der Waals surface area contributed by atoms with E-state index in [1.807, 2.05) is 0 Å². The summed E-state index contributed by atoms with van der Waals surface area (Å²) in [4.78, 5) is 0. The second kappa shape index (κ2) is 5.17. The van der Waals surface area contributed by atoms with Crippen molar-refractivity contribution in [3.8, 4) is 0 Å². The molecule has 1 aliphatic heterocycles. The van der Waals surface area contributed by atoms with E-state index in [0.29, 0.717) is 11.8 Å². The first-order valence-electron chi connectivity index (χ1n) is 8.20. The highest BCUT2D eigenvalue weighted by Gasteiger charge is 2.54. The van der Waals surface area contributed by atoms with E-state index < -0.39 is 11.7 Å². The molecule has 4 heteroatoms. The minimum Gasteiger partial charge on any atom is -0.379 e. The summed E-state index contributed by atoms with van der Waals surface area (Å²) in [7, 11) is 0. The van der Waals surface area contributed by atoms with E-state index in [4.69, 9.17) is 0 Å². The van der Waals surface area contributed by atoms with Crippen molar-refractivity contribution in [2.24, 2.45) is 11.8 Å². The van der Waals surface area contributed by atoms with Gasteiger partial charge in [-0.3, -0.25) is 0 Å². The van der Waals surface area contributed by atoms with Gasteiger partial charge in [0.25, 0.3) is 0 Å². The molecule has 1 unspecified atom stereocenters. The zero-order valence-electron chi connectivity index (χ0n) is 13.4. The third-order valence-electron chi connectivity index (χ3n) is 5.36. The van der Waals surface area contributed by atoms with E-state index in [-0.39, 0.29) is 11.5 Å². The number of rotatable bonds is 3. The second-order valence-corrected chi connectivity index (χ2v) is 7.56. The third-order valence-corrected chi connectivity index (χ3v) is 5.36. The molecule has 1 fully saturated rings. The molecule has 0 bridgehead atoms. The highest BCUT2D eigenvalue weighted by atomic mass is 19.4. The van der Waals surface area contributed by atoms with Crippen LogP contribution in [0.25, 0.3) is 0 Å². The van der Waals surface area contributed by atoms with Crippen LogP contribution in [0.1, 0.15) is 63.5 Å². The normalized spacial score (nSPS) is 30.3. The number of anilines is 1. The molecule has 2 aliphatic rings. The molecule has 1 spiro atoms. The van der Waals surface area contributed by atoms with Gasteiger partial charge in [-0.1, -0.05) is 27.2 Å². The van der Waals surface area contributed by atoms with Gasteiger partial charge in [-0.05, 0) is 60.8 Å². The number of nitrogens with one attached hydrogen (secondary N) is 1. The van der Waals surface area contributed by atoms with E-state index in [1.165, 1.54) is 12.1 Å². The minimum absolute atomic E-state index is 0.133. The fraction of sp³-hybridized carbons (Fsp3) is 0.667. The van der Waals surface area contributed by atoms with E-state index >= 15 is 0 Å². The number of benzene rings is 1. The Kier molecular flexibility index (Phi) is 3.69. The quantitative estimate of drug-likeness (QED) is 0.741. The number of hydrogen-bond donors (Lipinski definition) is 1. The van der Waals surface area contributed by atoms with Gasteiger partial charge in [-0.25, -0.2) is 0 Å². The molecule has 0 amide bonds. The van der Waals surface area contributed by atoms with Crippen molar-refractivity contribution in [2.75, 3.05) is 5.32 Å². The Morgan fingerprint density at radius 3 is 2.50 bits per heavy atom. The highest BCUT2D eigenvalue weighted by molar-refractivity contribution is 5.60. The lowest BCUT2D eigenvalue weighted by atomic mass is 9.80. The van der Waals surface area contributed by atoms with Gasteiger partial charge < -0.3 is 5.32 Å². The Bertz CT molecular complexity index is 564. The maximum Gasteiger partial charge on any atom is 0.416 e. The molecule has 3 rings (SSSR count). The van der Waals surface area contributed by atoms with Crippen molar-refractivity contribution >= 4 is 5.69 Å². The zero-order chi connectivity index (χ0) is 16.1. The lowest BCUT2D eigenvalue weighted by molar-refractivity contribution is -0.137. The van der Waals surface area contributed by atoms with Crippen LogP contribution in [0.4, 0.5) is 18.9 Å². The van der Waals surface area contributed by atoms with E-state index in [2.05, 4.69) is 26.1 Å². The molecule has 22 heavy (non-hydrogen) atoms. The van der Waals surface area contributed by atoms with Crippen molar-refractivity contribution in [3.63, 3.8) is 0 Å². The summed E-state index contributed by atoms with van der Waals surface area (Å²) in [6.45, 7) is 6.56. The molecule has 1 N–H and O–H groups in total. The standard InChI is InChI=1S/C18H24F3N/c1-11(2)4-5-13-10-17(9-12(17)3)22-16-7-6-14(8-15(13)16)18(19,20)21/h6-8,11-13,22H,4-5,9-10H2,1-3H3/t12-,13?,17-/m0/s1. The summed E-state index contributed by atoms with van der Waals surface area (Å²) in [6, 6.07) is 4.21. The number of fused-ring (bicyclic) bond motifs is 1. The molecule has 0 saturated heterocycles. The Balaban J connectivity index is 1.93. The smallest absolute Gasteiger partial charge is 0.379 e. The van der Waals surface area contributed by atoms with E-state index in [9.17, 15) is 13.2 Å². The first-order chi connectivity index (χ1) is 10.2. The maximum absolute atomic E-state index is 13.0. The molecule has 122 valence electrons. The molecule has 1 aromatic carbocycles. The Morgan fingerprint density at radius 2 is 1.95 bits per heavy atom.